The van der Waals surface area contributed by atoms with Crippen molar-refractivity contribution in [1.82, 2.24) is 19.5 Å². The lowest BCUT2D eigenvalue weighted by Gasteiger charge is -2.33. The fourth-order valence-electron chi connectivity index (χ4n) is 2.82. The molecular formula is C14H16F2N4O2S. The molecule has 0 amide bonds. The highest BCUT2D eigenvalue weighted by Crippen LogP contribution is 2.32. The predicted octanol–water partition coefficient (Wildman–Crippen LogP) is 2.14. The van der Waals surface area contributed by atoms with Crippen LogP contribution in [-0.2, 0) is 15.8 Å². The largest absolute Gasteiger partial charge is 0.262 e. The van der Waals surface area contributed by atoms with E-state index in [9.17, 15) is 17.2 Å². The van der Waals surface area contributed by atoms with Crippen molar-refractivity contribution in [2.45, 2.75) is 31.1 Å². The second-order valence-corrected chi connectivity index (χ2v) is 7.37. The van der Waals surface area contributed by atoms with E-state index in [0.717, 1.165) is 18.6 Å². The van der Waals surface area contributed by atoms with Gasteiger partial charge in [-0.25, -0.2) is 22.2 Å². The number of benzene rings is 1. The standard InChI is InChI=1S/C14H16F2N4O2S/c15-11-4-3-5-12(16)10(11)8-23(21,22)20-7-2-1-6-13(20)14-17-9-18-19-14/h3-5,9,13H,1-2,6-8H2,(H,17,18,19). The fraction of sp³-hybridized carbons (Fsp3) is 0.429. The first-order valence-corrected chi connectivity index (χ1v) is 8.87. The Bertz CT molecular complexity index is 760. The van der Waals surface area contributed by atoms with Crippen LogP contribution in [0, 0.1) is 11.6 Å². The van der Waals surface area contributed by atoms with Crippen molar-refractivity contribution in [3.63, 3.8) is 0 Å². The first kappa shape index (κ1) is 16.0. The highest BCUT2D eigenvalue weighted by Gasteiger charge is 2.35. The van der Waals surface area contributed by atoms with Crippen LogP contribution in [0.5, 0.6) is 0 Å². The molecule has 0 aliphatic carbocycles. The fourth-order valence-corrected chi connectivity index (χ4v) is 4.63. The van der Waals surface area contributed by atoms with Crippen LogP contribution < -0.4 is 0 Å². The molecule has 1 aliphatic heterocycles. The van der Waals surface area contributed by atoms with Crippen LogP contribution in [0.3, 0.4) is 0 Å². The van der Waals surface area contributed by atoms with E-state index in [4.69, 9.17) is 0 Å². The third-order valence-corrected chi connectivity index (χ3v) is 5.75. The smallest absolute Gasteiger partial charge is 0.219 e. The minimum absolute atomic E-state index is 0.295. The van der Waals surface area contributed by atoms with Crippen molar-refractivity contribution in [1.29, 1.82) is 0 Å². The van der Waals surface area contributed by atoms with Gasteiger partial charge in [-0.15, -0.1) is 0 Å². The normalized spacial score (nSPS) is 19.8. The Morgan fingerprint density at radius 3 is 2.65 bits per heavy atom. The van der Waals surface area contributed by atoms with Crippen LogP contribution in [-0.4, -0.2) is 34.4 Å². The second kappa shape index (κ2) is 6.32. The lowest BCUT2D eigenvalue weighted by atomic mass is 10.0. The molecule has 1 unspecified atom stereocenters. The van der Waals surface area contributed by atoms with E-state index in [-0.39, 0.29) is 0 Å². The average Bonchev–Trinajstić information content (AvgIpc) is 3.05. The first-order chi connectivity index (χ1) is 11.0. The summed E-state index contributed by atoms with van der Waals surface area (Å²) in [6.07, 6.45) is 3.45. The summed E-state index contributed by atoms with van der Waals surface area (Å²) < 4.78 is 54.2. The quantitative estimate of drug-likeness (QED) is 0.923. The van der Waals surface area contributed by atoms with Gasteiger partial charge in [0.2, 0.25) is 10.0 Å². The number of aromatic amines is 1. The molecule has 1 aliphatic rings. The van der Waals surface area contributed by atoms with Crippen LogP contribution >= 0.6 is 0 Å². The van der Waals surface area contributed by atoms with Gasteiger partial charge in [0.15, 0.2) is 0 Å². The van der Waals surface area contributed by atoms with Gasteiger partial charge in [0, 0.05) is 12.1 Å². The Kier molecular flexibility index (Phi) is 4.40. The molecule has 2 heterocycles. The lowest BCUT2D eigenvalue weighted by molar-refractivity contribution is 0.246. The molecule has 1 saturated heterocycles. The van der Waals surface area contributed by atoms with Crippen molar-refractivity contribution < 1.29 is 17.2 Å². The summed E-state index contributed by atoms with van der Waals surface area (Å²) in [5.74, 6) is -1.98. The lowest BCUT2D eigenvalue weighted by Crippen LogP contribution is -2.39. The van der Waals surface area contributed by atoms with E-state index in [1.165, 1.54) is 16.7 Å². The minimum atomic E-state index is -3.89. The molecule has 0 bridgehead atoms. The topological polar surface area (TPSA) is 79.0 Å². The van der Waals surface area contributed by atoms with Crippen LogP contribution in [0.25, 0.3) is 0 Å². The summed E-state index contributed by atoms with van der Waals surface area (Å²) in [5, 5.41) is 6.43. The number of aromatic nitrogens is 3. The number of piperidine rings is 1. The number of hydrogen-bond acceptors (Lipinski definition) is 4. The van der Waals surface area contributed by atoms with Crippen LogP contribution in [0.1, 0.15) is 36.7 Å². The maximum Gasteiger partial charge on any atom is 0.219 e. The van der Waals surface area contributed by atoms with E-state index >= 15 is 0 Å². The molecule has 124 valence electrons. The van der Waals surface area contributed by atoms with Crippen molar-refractivity contribution in [3.8, 4) is 0 Å². The minimum Gasteiger partial charge on any atom is -0.262 e. The Hall–Kier alpha value is -1.87. The van der Waals surface area contributed by atoms with Crippen LogP contribution in [0.4, 0.5) is 8.78 Å². The van der Waals surface area contributed by atoms with Crippen molar-refractivity contribution in [2.24, 2.45) is 0 Å². The number of sulfonamides is 1. The molecule has 23 heavy (non-hydrogen) atoms. The van der Waals surface area contributed by atoms with Gasteiger partial charge in [-0.3, -0.25) is 5.10 Å². The van der Waals surface area contributed by atoms with Gasteiger partial charge in [-0.05, 0) is 25.0 Å². The van der Waals surface area contributed by atoms with Gasteiger partial charge in [0.05, 0.1) is 11.8 Å². The zero-order valence-electron chi connectivity index (χ0n) is 12.2. The van der Waals surface area contributed by atoms with E-state index in [1.807, 2.05) is 0 Å². The molecule has 1 N–H and O–H groups in total. The third kappa shape index (κ3) is 3.25. The summed E-state index contributed by atoms with van der Waals surface area (Å²) >= 11 is 0. The van der Waals surface area contributed by atoms with E-state index in [1.54, 1.807) is 0 Å². The highest BCUT2D eigenvalue weighted by molar-refractivity contribution is 7.88. The SMILES string of the molecule is O=S(=O)(Cc1c(F)cccc1F)N1CCCCC1c1ncn[nH]1. The molecule has 1 aromatic carbocycles. The Morgan fingerprint density at radius 2 is 2.00 bits per heavy atom. The van der Waals surface area contributed by atoms with E-state index < -0.39 is 39.0 Å². The molecule has 0 radical (unpaired) electrons. The van der Waals surface area contributed by atoms with Crippen molar-refractivity contribution >= 4 is 10.0 Å². The molecule has 1 aromatic heterocycles. The van der Waals surface area contributed by atoms with Crippen LogP contribution in [0.15, 0.2) is 24.5 Å². The summed E-state index contributed by atoms with van der Waals surface area (Å²) in [7, 11) is -3.89. The number of H-pyrrole nitrogens is 1. The zero-order chi connectivity index (χ0) is 16.4. The molecule has 1 atom stereocenters. The Labute approximate surface area is 132 Å². The predicted molar refractivity (Wildman–Crippen MR) is 78.7 cm³/mol. The molecule has 0 spiro atoms. The van der Waals surface area contributed by atoms with Gasteiger partial charge < -0.3 is 0 Å². The third-order valence-electron chi connectivity index (χ3n) is 3.95. The number of halogens is 2. The molecular weight excluding hydrogens is 326 g/mol. The van der Waals surface area contributed by atoms with E-state index in [0.29, 0.717) is 25.2 Å². The van der Waals surface area contributed by atoms with Crippen molar-refractivity contribution in [3.05, 3.63) is 47.5 Å². The van der Waals surface area contributed by atoms with Crippen molar-refractivity contribution in [2.75, 3.05) is 6.54 Å². The monoisotopic (exact) mass is 342 g/mol. The second-order valence-electron chi connectivity index (χ2n) is 5.45. The maximum absolute atomic E-state index is 13.8. The maximum atomic E-state index is 13.8. The van der Waals surface area contributed by atoms with Gasteiger partial charge >= 0.3 is 0 Å². The molecule has 3 rings (SSSR count). The number of nitrogens with zero attached hydrogens (tertiary/aromatic N) is 3. The number of rotatable bonds is 4. The highest BCUT2D eigenvalue weighted by atomic mass is 32.2. The summed E-state index contributed by atoms with van der Waals surface area (Å²) in [6, 6.07) is 2.83. The Balaban J connectivity index is 1.91. The first-order valence-electron chi connectivity index (χ1n) is 7.27. The molecule has 2 aromatic rings. The summed E-state index contributed by atoms with van der Waals surface area (Å²) in [5.41, 5.74) is -0.436. The summed E-state index contributed by atoms with van der Waals surface area (Å²) in [4.78, 5) is 4.02. The van der Waals surface area contributed by atoms with Gasteiger partial charge in [-0.2, -0.15) is 9.40 Å². The van der Waals surface area contributed by atoms with E-state index in [2.05, 4.69) is 15.2 Å². The zero-order valence-corrected chi connectivity index (χ0v) is 13.1. The van der Waals surface area contributed by atoms with Gasteiger partial charge in [-0.1, -0.05) is 12.5 Å². The van der Waals surface area contributed by atoms with Gasteiger partial charge in [0.1, 0.15) is 23.8 Å². The summed E-state index contributed by atoms with van der Waals surface area (Å²) in [6.45, 7) is 0.295. The molecule has 0 saturated carbocycles. The average molecular weight is 342 g/mol. The number of hydrogen-bond donors (Lipinski definition) is 1. The molecule has 6 nitrogen and oxygen atoms in total. The Morgan fingerprint density at radius 1 is 1.26 bits per heavy atom. The van der Waals surface area contributed by atoms with Gasteiger partial charge in [0.25, 0.3) is 0 Å². The van der Waals surface area contributed by atoms with Crippen LogP contribution in [0.2, 0.25) is 0 Å². The molecule has 9 heteroatoms. The number of nitrogens with one attached hydrogen (secondary N) is 1. The molecule has 1 fully saturated rings.